The maximum absolute atomic E-state index is 12.8. The van der Waals surface area contributed by atoms with E-state index >= 15 is 0 Å². The second-order valence-corrected chi connectivity index (χ2v) is 7.56. The predicted molar refractivity (Wildman–Crippen MR) is 132 cm³/mol. The molecule has 0 fully saturated rings. The number of ether oxygens (including phenoxy) is 3. The van der Waals surface area contributed by atoms with E-state index < -0.39 is 0 Å². The summed E-state index contributed by atoms with van der Waals surface area (Å²) in [5.41, 5.74) is 4.30. The van der Waals surface area contributed by atoms with E-state index in [2.05, 4.69) is 16.0 Å². The van der Waals surface area contributed by atoms with Gasteiger partial charge in [-0.05, 0) is 48.9 Å². The fraction of sp³-hybridized carbons (Fsp3) is 0.185. The average Bonchev–Trinajstić information content (AvgIpc) is 3.21. The number of rotatable bonds is 7. The third-order valence-electron chi connectivity index (χ3n) is 5.76. The Labute approximate surface area is 198 Å². The number of fused-ring (bicyclic) bond motifs is 1. The summed E-state index contributed by atoms with van der Waals surface area (Å²) in [5.74, 6) is 1.60. The van der Waals surface area contributed by atoms with Crippen LogP contribution < -0.4 is 19.5 Å². The Balaban J connectivity index is 1.67. The third-order valence-corrected chi connectivity index (χ3v) is 5.76. The van der Waals surface area contributed by atoms with Crippen molar-refractivity contribution >= 4 is 22.5 Å². The van der Waals surface area contributed by atoms with Gasteiger partial charge in [0.05, 0.1) is 38.1 Å². The van der Waals surface area contributed by atoms with E-state index in [4.69, 9.17) is 14.2 Å². The van der Waals surface area contributed by atoms with Crippen molar-refractivity contribution in [1.82, 2.24) is 4.57 Å². The molecule has 0 aliphatic carbocycles. The predicted octanol–water partition coefficient (Wildman–Crippen LogP) is 5.48. The van der Waals surface area contributed by atoms with Crippen molar-refractivity contribution in [2.75, 3.05) is 26.6 Å². The van der Waals surface area contributed by atoms with Gasteiger partial charge in [-0.1, -0.05) is 12.1 Å². The zero-order valence-corrected chi connectivity index (χ0v) is 19.5. The summed E-state index contributed by atoms with van der Waals surface area (Å²) < 4.78 is 18.0. The van der Waals surface area contributed by atoms with Gasteiger partial charge in [0.15, 0.2) is 11.5 Å². The SMILES string of the molecule is CCn1c(-c2ccc(C(=O)Nc3ccc(OC)c(OC)c3)cc2)c(C#N)c2ccc(OC)cc21. The molecule has 1 N–H and O–H groups in total. The Morgan fingerprint density at radius 1 is 0.941 bits per heavy atom. The van der Waals surface area contributed by atoms with Gasteiger partial charge in [-0.2, -0.15) is 5.26 Å². The first-order valence-electron chi connectivity index (χ1n) is 10.8. The maximum Gasteiger partial charge on any atom is 0.255 e. The van der Waals surface area contributed by atoms with E-state index in [1.807, 2.05) is 37.3 Å². The van der Waals surface area contributed by atoms with E-state index in [1.54, 1.807) is 51.7 Å². The molecule has 4 rings (SSSR count). The van der Waals surface area contributed by atoms with Crippen molar-refractivity contribution in [2.24, 2.45) is 0 Å². The molecule has 0 bridgehead atoms. The van der Waals surface area contributed by atoms with E-state index in [0.29, 0.717) is 34.9 Å². The second kappa shape index (κ2) is 9.59. The van der Waals surface area contributed by atoms with Gasteiger partial charge < -0.3 is 24.1 Å². The lowest BCUT2D eigenvalue weighted by Crippen LogP contribution is -2.12. The molecular weight excluding hydrogens is 430 g/mol. The van der Waals surface area contributed by atoms with E-state index in [9.17, 15) is 10.1 Å². The third kappa shape index (κ3) is 4.02. The number of benzene rings is 3. The van der Waals surface area contributed by atoms with Crippen LogP contribution in [-0.4, -0.2) is 31.8 Å². The fourth-order valence-electron chi connectivity index (χ4n) is 4.09. The van der Waals surface area contributed by atoms with Crippen LogP contribution in [0.3, 0.4) is 0 Å². The topological polar surface area (TPSA) is 85.5 Å². The average molecular weight is 456 g/mol. The van der Waals surface area contributed by atoms with Gasteiger partial charge in [-0.3, -0.25) is 4.79 Å². The van der Waals surface area contributed by atoms with Crippen LogP contribution in [0.15, 0.2) is 60.7 Å². The minimum absolute atomic E-state index is 0.250. The van der Waals surface area contributed by atoms with E-state index in [-0.39, 0.29) is 5.91 Å². The lowest BCUT2D eigenvalue weighted by molar-refractivity contribution is 0.102. The number of nitrogens with one attached hydrogen (secondary N) is 1. The first kappa shape index (κ1) is 22.7. The van der Waals surface area contributed by atoms with Crippen LogP contribution in [0.5, 0.6) is 17.2 Å². The highest BCUT2D eigenvalue weighted by molar-refractivity contribution is 6.05. The Morgan fingerprint density at radius 3 is 2.29 bits per heavy atom. The summed E-state index contributed by atoms with van der Waals surface area (Å²) in [5, 5.41) is 13.7. The summed E-state index contributed by atoms with van der Waals surface area (Å²) in [4.78, 5) is 12.8. The standard InChI is InChI=1S/C27H25N3O4/c1-5-30-23-15-20(32-2)11-12-21(23)22(16-28)26(30)17-6-8-18(9-7-17)27(31)29-19-10-13-24(33-3)25(14-19)34-4/h6-15H,5H2,1-4H3,(H,29,31). The number of anilines is 1. The Hall–Kier alpha value is -4.44. The molecular formula is C27H25N3O4. The quantitative estimate of drug-likeness (QED) is 0.399. The monoisotopic (exact) mass is 455 g/mol. The number of nitriles is 1. The van der Waals surface area contributed by atoms with Crippen LogP contribution in [0.1, 0.15) is 22.8 Å². The summed E-state index contributed by atoms with van der Waals surface area (Å²) in [7, 11) is 4.73. The van der Waals surface area contributed by atoms with Gasteiger partial charge in [0, 0.05) is 35.3 Å². The lowest BCUT2D eigenvalue weighted by atomic mass is 10.0. The summed E-state index contributed by atoms with van der Waals surface area (Å²) in [6.45, 7) is 2.72. The smallest absolute Gasteiger partial charge is 0.255 e. The fourth-order valence-corrected chi connectivity index (χ4v) is 4.09. The summed E-state index contributed by atoms with van der Waals surface area (Å²) in [6.07, 6.45) is 0. The van der Waals surface area contributed by atoms with Crippen LogP contribution in [0.25, 0.3) is 22.2 Å². The molecule has 1 heterocycles. The van der Waals surface area contributed by atoms with Gasteiger partial charge >= 0.3 is 0 Å². The largest absolute Gasteiger partial charge is 0.497 e. The van der Waals surface area contributed by atoms with Crippen molar-refractivity contribution in [3.8, 4) is 34.6 Å². The van der Waals surface area contributed by atoms with Crippen molar-refractivity contribution in [3.63, 3.8) is 0 Å². The molecule has 0 atom stereocenters. The van der Waals surface area contributed by atoms with Gasteiger partial charge in [0.25, 0.3) is 5.91 Å². The van der Waals surface area contributed by atoms with Gasteiger partial charge in [0.1, 0.15) is 11.8 Å². The van der Waals surface area contributed by atoms with Crippen LogP contribution in [0.4, 0.5) is 5.69 Å². The molecule has 0 unspecified atom stereocenters. The normalized spacial score (nSPS) is 10.6. The second-order valence-electron chi connectivity index (χ2n) is 7.56. The molecule has 172 valence electrons. The zero-order chi connectivity index (χ0) is 24.2. The van der Waals surface area contributed by atoms with Crippen LogP contribution in [-0.2, 0) is 6.54 Å². The molecule has 1 aromatic heterocycles. The van der Waals surface area contributed by atoms with Gasteiger partial charge in [-0.25, -0.2) is 0 Å². The number of carbonyl (C=O) groups is 1. The highest BCUT2D eigenvalue weighted by Crippen LogP contribution is 2.35. The van der Waals surface area contributed by atoms with Crippen molar-refractivity contribution in [1.29, 1.82) is 5.26 Å². The molecule has 0 radical (unpaired) electrons. The van der Waals surface area contributed by atoms with Crippen LogP contribution >= 0.6 is 0 Å². The van der Waals surface area contributed by atoms with E-state index in [0.717, 1.165) is 27.9 Å². The number of methoxy groups -OCH3 is 3. The number of aryl methyl sites for hydroxylation is 1. The van der Waals surface area contributed by atoms with Crippen molar-refractivity contribution in [3.05, 3.63) is 71.8 Å². The number of aromatic nitrogens is 1. The molecule has 7 nitrogen and oxygen atoms in total. The first-order valence-corrected chi connectivity index (χ1v) is 10.8. The van der Waals surface area contributed by atoms with Crippen molar-refractivity contribution in [2.45, 2.75) is 13.5 Å². The van der Waals surface area contributed by atoms with Crippen molar-refractivity contribution < 1.29 is 19.0 Å². The number of carbonyl (C=O) groups excluding carboxylic acids is 1. The van der Waals surface area contributed by atoms with Gasteiger partial charge in [-0.15, -0.1) is 0 Å². The Bertz CT molecular complexity index is 1400. The molecule has 4 aromatic rings. The number of hydrogen-bond donors (Lipinski definition) is 1. The summed E-state index contributed by atoms with van der Waals surface area (Å²) in [6, 6.07) is 20.5. The lowest BCUT2D eigenvalue weighted by Gasteiger charge is -2.12. The minimum Gasteiger partial charge on any atom is -0.497 e. The zero-order valence-electron chi connectivity index (χ0n) is 19.5. The Morgan fingerprint density at radius 2 is 1.68 bits per heavy atom. The highest BCUT2D eigenvalue weighted by Gasteiger charge is 2.19. The number of amides is 1. The number of nitrogens with zero attached hydrogens (tertiary/aromatic N) is 2. The maximum atomic E-state index is 12.8. The summed E-state index contributed by atoms with van der Waals surface area (Å²) >= 11 is 0. The van der Waals surface area contributed by atoms with Crippen LogP contribution in [0.2, 0.25) is 0 Å². The first-order chi connectivity index (χ1) is 16.5. The molecule has 1 amide bonds. The molecule has 34 heavy (non-hydrogen) atoms. The number of hydrogen-bond acceptors (Lipinski definition) is 5. The van der Waals surface area contributed by atoms with Crippen LogP contribution in [0, 0.1) is 11.3 Å². The molecule has 7 heteroatoms. The Kier molecular flexibility index (Phi) is 6.42. The highest BCUT2D eigenvalue weighted by atomic mass is 16.5. The molecule has 0 aliphatic rings. The molecule has 3 aromatic carbocycles. The molecule has 0 saturated carbocycles. The molecule has 0 spiro atoms. The minimum atomic E-state index is -0.250. The van der Waals surface area contributed by atoms with Gasteiger partial charge in [0.2, 0.25) is 0 Å². The molecule has 0 saturated heterocycles. The molecule has 0 aliphatic heterocycles. The van der Waals surface area contributed by atoms with E-state index in [1.165, 1.54) is 0 Å².